The van der Waals surface area contributed by atoms with Crippen molar-refractivity contribution < 1.29 is 13.3 Å². The molecule has 2 aliphatic carbocycles. The first-order valence-electron chi connectivity index (χ1n) is 6.54. The molecule has 2 nitrogen and oxygen atoms in total. The van der Waals surface area contributed by atoms with Gasteiger partial charge in [0.15, 0.2) is 0 Å². The topological polar surface area (TPSA) is 26.0 Å². The molecule has 0 N–H and O–H groups in total. The fourth-order valence-corrected chi connectivity index (χ4v) is 3.09. The largest absolute Gasteiger partial charge is 0.360 e. The van der Waals surface area contributed by atoms with Crippen LogP contribution in [0, 0.1) is 0 Å². The average Bonchev–Trinajstić information content (AvgIpc) is 3.13. The summed E-state index contributed by atoms with van der Waals surface area (Å²) in [5, 5.41) is 3.99. The number of nitrogens with zero attached hydrogens (tertiary/aromatic N) is 1. The van der Waals surface area contributed by atoms with E-state index in [0.717, 1.165) is 24.2 Å². The zero-order chi connectivity index (χ0) is 12.7. The van der Waals surface area contributed by atoms with Gasteiger partial charge in [0.2, 0.25) is 0 Å². The Morgan fingerprint density at radius 3 is 2.67 bits per heavy atom. The van der Waals surface area contributed by atoms with Crippen molar-refractivity contribution >= 4 is 11.6 Å². The molecule has 0 saturated heterocycles. The van der Waals surface area contributed by atoms with E-state index in [9.17, 15) is 8.78 Å². The zero-order valence-electron chi connectivity index (χ0n) is 10.0. The SMILES string of the molecule is FC1CCCC(c2noc(C3CC3)c2CCl)C1F. The molecule has 18 heavy (non-hydrogen) atoms. The fraction of sp³-hybridized carbons (Fsp3) is 0.769. The highest BCUT2D eigenvalue weighted by molar-refractivity contribution is 6.17. The standard InChI is InChI=1S/C13H16ClF2NO/c14-6-9-12(17-18-13(9)7-4-5-7)8-2-1-3-10(15)11(8)16/h7-8,10-11H,1-6H2. The summed E-state index contributed by atoms with van der Waals surface area (Å²) in [6.45, 7) is 0. The van der Waals surface area contributed by atoms with Crippen molar-refractivity contribution in [1.29, 1.82) is 0 Å². The maximum Gasteiger partial charge on any atom is 0.144 e. The van der Waals surface area contributed by atoms with Crippen LogP contribution in [-0.4, -0.2) is 17.5 Å². The van der Waals surface area contributed by atoms with Crippen LogP contribution in [-0.2, 0) is 5.88 Å². The summed E-state index contributed by atoms with van der Waals surface area (Å²) in [5.74, 6) is 0.972. The lowest BCUT2D eigenvalue weighted by molar-refractivity contribution is 0.0957. The van der Waals surface area contributed by atoms with Crippen molar-refractivity contribution in [3.8, 4) is 0 Å². The van der Waals surface area contributed by atoms with Gasteiger partial charge < -0.3 is 4.52 Å². The molecule has 0 aromatic carbocycles. The molecule has 0 radical (unpaired) electrons. The summed E-state index contributed by atoms with van der Waals surface area (Å²) in [6, 6.07) is 0. The molecule has 0 spiro atoms. The highest BCUT2D eigenvalue weighted by Crippen LogP contribution is 2.46. The molecular formula is C13H16ClF2NO. The van der Waals surface area contributed by atoms with Crippen LogP contribution in [0.3, 0.4) is 0 Å². The molecule has 3 rings (SSSR count). The third-order valence-corrected chi connectivity index (χ3v) is 4.27. The summed E-state index contributed by atoms with van der Waals surface area (Å²) >= 11 is 5.94. The van der Waals surface area contributed by atoms with Gasteiger partial charge in [-0.1, -0.05) is 5.16 Å². The van der Waals surface area contributed by atoms with Crippen molar-refractivity contribution in [2.75, 3.05) is 0 Å². The van der Waals surface area contributed by atoms with Crippen LogP contribution in [0.25, 0.3) is 0 Å². The molecule has 2 aliphatic rings. The van der Waals surface area contributed by atoms with E-state index in [-0.39, 0.29) is 5.88 Å². The monoisotopic (exact) mass is 275 g/mol. The maximum atomic E-state index is 14.0. The number of rotatable bonds is 3. The highest BCUT2D eigenvalue weighted by Gasteiger charge is 2.40. The van der Waals surface area contributed by atoms with Gasteiger partial charge in [0.1, 0.15) is 18.1 Å². The second-order valence-corrected chi connectivity index (χ2v) is 5.58. The number of aromatic nitrogens is 1. The van der Waals surface area contributed by atoms with E-state index in [4.69, 9.17) is 16.1 Å². The van der Waals surface area contributed by atoms with Crippen LogP contribution in [0.5, 0.6) is 0 Å². The lowest BCUT2D eigenvalue weighted by Crippen LogP contribution is -2.30. The van der Waals surface area contributed by atoms with Gasteiger partial charge in [0, 0.05) is 17.4 Å². The van der Waals surface area contributed by atoms with E-state index < -0.39 is 18.3 Å². The van der Waals surface area contributed by atoms with Crippen molar-refractivity contribution in [1.82, 2.24) is 5.16 Å². The summed E-state index contributed by atoms with van der Waals surface area (Å²) < 4.78 is 32.8. The van der Waals surface area contributed by atoms with E-state index in [2.05, 4.69) is 5.16 Å². The fourth-order valence-electron chi connectivity index (χ4n) is 2.82. The van der Waals surface area contributed by atoms with Gasteiger partial charge >= 0.3 is 0 Å². The van der Waals surface area contributed by atoms with Gasteiger partial charge in [-0.2, -0.15) is 0 Å². The Bertz CT molecular complexity index is 433. The molecule has 5 heteroatoms. The minimum absolute atomic E-state index is 0.269. The molecule has 0 aliphatic heterocycles. The number of alkyl halides is 3. The van der Waals surface area contributed by atoms with Gasteiger partial charge in [0.25, 0.3) is 0 Å². The predicted molar refractivity (Wildman–Crippen MR) is 64.4 cm³/mol. The van der Waals surface area contributed by atoms with Gasteiger partial charge in [-0.05, 0) is 32.1 Å². The third kappa shape index (κ3) is 2.04. The van der Waals surface area contributed by atoms with Crippen LogP contribution >= 0.6 is 11.6 Å². The molecule has 2 saturated carbocycles. The van der Waals surface area contributed by atoms with E-state index in [1.165, 1.54) is 0 Å². The Morgan fingerprint density at radius 1 is 1.22 bits per heavy atom. The van der Waals surface area contributed by atoms with Crippen molar-refractivity contribution in [3.63, 3.8) is 0 Å². The first-order valence-corrected chi connectivity index (χ1v) is 7.08. The lowest BCUT2D eigenvalue weighted by atomic mass is 9.82. The number of hydrogen-bond acceptors (Lipinski definition) is 2. The first kappa shape index (κ1) is 12.4. The highest BCUT2D eigenvalue weighted by atomic mass is 35.5. The van der Waals surface area contributed by atoms with Gasteiger partial charge in [-0.3, -0.25) is 0 Å². The van der Waals surface area contributed by atoms with Crippen LogP contribution in [0.1, 0.15) is 61.0 Å². The molecule has 0 amide bonds. The smallest absolute Gasteiger partial charge is 0.144 e. The molecule has 3 unspecified atom stereocenters. The molecule has 1 heterocycles. The molecule has 100 valence electrons. The van der Waals surface area contributed by atoms with E-state index in [1.807, 2.05) is 0 Å². The molecule has 2 fully saturated rings. The van der Waals surface area contributed by atoms with E-state index in [0.29, 0.717) is 30.9 Å². The second-order valence-electron chi connectivity index (χ2n) is 5.32. The van der Waals surface area contributed by atoms with Gasteiger partial charge in [-0.15, -0.1) is 11.6 Å². The number of halogens is 3. The quantitative estimate of drug-likeness (QED) is 0.772. The lowest BCUT2D eigenvalue weighted by Gasteiger charge is -2.27. The van der Waals surface area contributed by atoms with E-state index in [1.54, 1.807) is 0 Å². The Balaban J connectivity index is 1.90. The van der Waals surface area contributed by atoms with Crippen molar-refractivity contribution in [2.24, 2.45) is 0 Å². The molecular weight excluding hydrogens is 260 g/mol. The average molecular weight is 276 g/mol. The second kappa shape index (κ2) is 4.80. The predicted octanol–water partition coefficient (Wildman–Crippen LogP) is 4.23. The zero-order valence-corrected chi connectivity index (χ0v) is 10.8. The summed E-state index contributed by atoms with van der Waals surface area (Å²) in [4.78, 5) is 0. The van der Waals surface area contributed by atoms with Crippen LogP contribution in [0.4, 0.5) is 8.78 Å². The maximum absolute atomic E-state index is 14.0. The van der Waals surface area contributed by atoms with Gasteiger partial charge in [0.05, 0.1) is 11.6 Å². The first-order chi connectivity index (χ1) is 8.72. The number of hydrogen-bond donors (Lipinski definition) is 0. The Labute approximate surface area is 110 Å². The normalized spacial score (nSPS) is 32.7. The molecule has 1 aromatic heterocycles. The Hall–Kier alpha value is -0.640. The summed E-state index contributed by atoms with van der Waals surface area (Å²) in [7, 11) is 0. The molecule has 0 bridgehead atoms. The van der Waals surface area contributed by atoms with Crippen LogP contribution in [0.2, 0.25) is 0 Å². The summed E-state index contributed by atoms with van der Waals surface area (Å²) in [6.07, 6.45) is 0.927. The van der Waals surface area contributed by atoms with Gasteiger partial charge in [-0.25, -0.2) is 8.78 Å². The van der Waals surface area contributed by atoms with E-state index >= 15 is 0 Å². The molecule has 3 atom stereocenters. The third-order valence-electron chi connectivity index (χ3n) is 4.01. The van der Waals surface area contributed by atoms with Crippen LogP contribution < -0.4 is 0 Å². The van der Waals surface area contributed by atoms with Crippen LogP contribution in [0.15, 0.2) is 4.52 Å². The minimum atomic E-state index is -1.47. The van der Waals surface area contributed by atoms with Crippen molar-refractivity contribution in [2.45, 2.75) is 62.2 Å². The molecule has 1 aromatic rings. The Kier molecular flexibility index (Phi) is 3.31. The van der Waals surface area contributed by atoms with Crippen molar-refractivity contribution in [3.05, 3.63) is 17.0 Å². The minimum Gasteiger partial charge on any atom is -0.360 e. The summed E-state index contributed by atoms with van der Waals surface area (Å²) in [5.41, 5.74) is 1.36. The Morgan fingerprint density at radius 2 is 2.00 bits per heavy atom.